The van der Waals surface area contributed by atoms with Crippen molar-refractivity contribution in [3.63, 3.8) is 0 Å². The van der Waals surface area contributed by atoms with E-state index in [0.29, 0.717) is 5.84 Å². The van der Waals surface area contributed by atoms with Gasteiger partial charge >= 0.3 is 0 Å². The highest BCUT2D eigenvalue weighted by atomic mass is 16.5. The van der Waals surface area contributed by atoms with Crippen LogP contribution in [-0.2, 0) is 11.3 Å². The summed E-state index contributed by atoms with van der Waals surface area (Å²) in [5, 5.41) is 8.09. The Morgan fingerprint density at radius 2 is 2.12 bits per heavy atom. The summed E-state index contributed by atoms with van der Waals surface area (Å²) >= 11 is 0. The summed E-state index contributed by atoms with van der Waals surface area (Å²) in [7, 11) is 0. The van der Waals surface area contributed by atoms with Crippen molar-refractivity contribution in [3.8, 4) is 0 Å². The maximum absolute atomic E-state index is 8.09. The first-order chi connectivity index (χ1) is 8.34. The molecular formula is C14H18N2O. The van der Waals surface area contributed by atoms with E-state index in [4.69, 9.17) is 10.1 Å². The van der Waals surface area contributed by atoms with Gasteiger partial charge in [-0.25, -0.2) is 0 Å². The highest BCUT2D eigenvalue weighted by molar-refractivity contribution is 6.00. The van der Waals surface area contributed by atoms with Crippen LogP contribution in [-0.4, -0.2) is 30.5 Å². The van der Waals surface area contributed by atoms with Crippen LogP contribution in [0.15, 0.2) is 24.3 Å². The molecule has 1 heterocycles. The molecule has 0 amide bonds. The number of benzene rings is 1. The Labute approximate surface area is 102 Å². The second-order valence-corrected chi connectivity index (χ2v) is 4.95. The third-order valence-corrected chi connectivity index (χ3v) is 3.51. The van der Waals surface area contributed by atoms with E-state index in [1.54, 1.807) is 0 Å². The predicted octanol–water partition coefficient (Wildman–Crippen LogP) is 2.25. The maximum atomic E-state index is 8.09. The van der Waals surface area contributed by atoms with E-state index in [-0.39, 0.29) is 0 Å². The zero-order chi connectivity index (χ0) is 11.7. The molecule has 0 saturated heterocycles. The number of fused-ring (bicyclic) bond motifs is 1. The number of nitrogens with one attached hydrogen (secondary N) is 1. The number of rotatable bonds is 5. The molecule has 2 aliphatic rings. The average molecular weight is 230 g/mol. The SMILES string of the molecule is N=C1c2ccccc2CN1CCOCC1CC1. The van der Waals surface area contributed by atoms with Crippen molar-refractivity contribution < 1.29 is 4.74 Å². The van der Waals surface area contributed by atoms with Crippen LogP contribution in [0.2, 0.25) is 0 Å². The van der Waals surface area contributed by atoms with Gasteiger partial charge in [0.2, 0.25) is 0 Å². The van der Waals surface area contributed by atoms with Crippen LogP contribution in [0.1, 0.15) is 24.0 Å². The summed E-state index contributed by atoms with van der Waals surface area (Å²) in [6.07, 6.45) is 2.68. The van der Waals surface area contributed by atoms with Gasteiger partial charge in [0, 0.05) is 25.3 Å². The fourth-order valence-electron chi connectivity index (χ4n) is 2.24. The van der Waals surface area contributed by atoms with Crippen LogP contribution >= 0.6 is 0 Å². The lowest BCUT2D eigenvalue weighted by Crippen LogP contribution is -2.28. The second-order valence-electron chi connectivity index (χ2n) is 4.95. The minimum absolute atomic E-state index is 0.649. The number of hydrogen-bond donors (Lipinski definition) is 1. The molecule has 1 aromatic rings. The maximum Gasteiger partial charge on any atom is 0.128 e. The van der Waals surface area contributed by atoms with Crippen LogP contribution in [0, 0.1) is 11.3 Å². The van der Waals surface area contributed by atoms with Gasteiger partial charge in [-0.15, -0.1) is 0 Å². The van der Waals surface area contributed by atoms with Crippen molar-refractivity contribution in [1.82, 2.24) is 4.90 Å². The summed E-state index contributed by atoms with van der Waals surface area (Å²) in [5.41, 5.74) is 2.34. The average Bonchev–Trinajstić information content (AvgIpc) is 3.12. The quantitative estimate of drug-likeness (QED) is 0.788. The fraction of sp³-hybridized carbons (Fsp3) is 0.500. The molecule has 1 aromatic carbocycles. The van der Waals surface area contributed by atoms with Crippen LogP contribution in [0.25, 0.3) is 0 Å². The van der Waals surface area contributed by atoms with E-state index < -0.39 is 0 Å². The Hall–Kier alpha value is -1.35. The van der Waals surface area contributed by atoms with Crippen LogP contribution in [0.4, 0.5) is 0 Å². The van der Waals surface area contributed by atoms with Gasteiger partial charge in [-0.2, -0.15) is 0 Å². The van der Waals surface area contributed by atoms with Gasteiger partial charge in [0.15, 0.2) is 0 Å². The van der Waals surface area contributed by atoms with Crippen LogP contribution in [0.3, 0.4) is 0 Å². The third kappa shape index (κ3) is 2.34. The molecule has 17 heavy (non-hydrogen) atoms. The van der Waals surface area contributed by atoms with Crippen molar-refractivity contribution in [1.29, 1.82) is 5.41 Å². The Balaban J connectivity index is 1.51. The lowest BCUT2D eigenvalue weighted by Gasteiger charge is -2.17. The van der Waals surface area contributed by atoms with Gasteiger partial charge in [0.05, 0.1) is 6.61 Å². The van der Waals surface area contributed by atoms with E-state index in [1.807, 2.05) is 18.2 Å². The molecule has 90 valence electrons. The van der Waals surface area contributed by atoms with Gasteiger partial charge in [-0.05, 0) is 24.3 Å². The summed E-state index contributed by atoms with van der Waals surface area (Å²) in [6, 6.07) is 8.18. The number of amidine groups is 1. The van der Waals surface area contributed by atoms with Crippen LogP contribution in [0.5, 0.6) is 0 Å². The Bertz CT molecular complexity index is 426. The molecule has 0 spiro atoms. The molecule has 1 aliphatic carbocycles. The molecule has 1 fully saturated rings. The minimum Gasteiger partial charge on any atom is -0.379 e. The molecule has 0 unspecified atom stereocenters. The van der Waals surface area contributed by atoms with E-state index in [0.717, 1.165) is 37.8 Å². The monoisotopic (exact) mass is 230 g/mol. The summed E-state index contributed by atoms with van der Waals surface area (Å²) in [5.74, 6) is 1.47. The molecule has 1 saturated carbocycles. The first-order valence-corrected chi connectivity index (χ1v) is 6.34. The molecule has 1 aliphatic heterocycles. The minimum atomic E-state index is 0.649. The molecule has 3 heteroatoms. The lowest BCUT2D eigenvalue weighted by molar-refractivity contribution is 0.112. The van der Waals surface area contributed by atoms with Crippen molar-refractivity contribution >= 4 is 5.84 Å². The van der Waals surface area contributed by atoms with Crippen molar-refractivity contribution in [2.75, 3.05) is 19.8 Å². The predicted molar refractivity (Wildman–Crippen MR) is 67.2 cm³/mol. The Kier molecular flexibility index (Phi) is 2.85. The molecule has 0 bridgehead atoms. The van der Waals surface area contributed by atoms with Gasteiger partial charge in [0.1, 0.15) is 5.84 Å². The van der Waals surface area contributed by atoms with Crippen molar-refractivity contribution in [2.24, 2.45) is 5.92 Å². The van der Waals surface area contributed by atoms with Gasteiger partial charge in [0.25, 0.3) is 0 Å². The van der Waals surface area contributed by atoms with E-state index in [2.05, 4.69) is 11.0 Å². The highest BCUT2D eigenvalue weighted by Gasteiger charge is 2.24. The third-order valence-electron chi connectivity index (χ3n) is 3.51. The Morgan fingerprint density at radius 3 is 2.88 bits per heavy atom. The van der Waals surface area contributed by atoms with Crippen molar-refractivity contribution in [3.05, 3.63) is 35.4 Å². The smallest absolute Gasteiger partial charge is 0.128 e. The van der Waals surface area contributed by atoms with Gasteiger partial charge < -0.3 is 9.64 Å². The van der Waals surface area contributed by atoms with Crippen molar-refractivity contribution in [2.45, 2.75) is 19.4 Å². The summed E-state index contributed by atoms with van der Waals surface area (Å²) < 4.78 is 5.63. The lowest BCUT2D eigenvalue weighted by atomic mass is 10.1. The number of ether oxygens (including phenoxy) is 1. The number of hydrogen-bond acceptors (Lipinski definition) is 2. The molecule has 1 N–H and O–H groups in total. The summed E-state index contributed by atoms with van der Waals surface area (Å²) in [4.78, 5) is 2.09. The molecule has 0 aromatic heterocycles. The molecule has 0 radical (unpaired) electrons. The molecular weight excluding hydrogens is 212 g/mol. The zero-order valence-electron chi connectivity index (χ0n) is 9.98. The number of nitrogens with zero attached hydrogens (tertiary/aromatic N) is 1. The highest BCUT2D eigenvalue weighted by Crippen LogP contribution is 2.28. The van der Waals surface area contributed by atoms with Gasteiger partial charge in [-0.3, -0.25) is 5.41 Å². The second kappa shape index (κ2) is 4.49. The van der Waals surface area contributed by atoms with Gasteiger partial charge in [-0.1, -0.05) is 24.3 Å². The molecule has 0 atom stereocenters. The molecule has 3 rings (SSSR count). The largest absolute Gasteiger partial charge is 0.379 e. The topological polar surface area (TPSA) is 36.3 Å². The summed E-state index contributed by atoms with van der Waals surface area (Å²) in [6.45, 7) is 3.35. The van der Waals surface area contributed by atoms with E-state index in [9.17, 15) is 0 Å². The van der Waals surface area contributed by atoms with Crippen LogP contribution < -0.4 is 0 Å². The fourth-order valence-corrected chi connectivity index (χ4v) is 2.24. The normalized spacial score (nSPS) is 18.6. The first-order valence-electron chi connectivity index (χ1n) is 6.34. The first kappa shape index (κ1) is 10.8. The van der Waals surface area contributed by atoms with E-state index in [1.165, 1.54) is 18.4 Å². The standard InChI is InChI=1S/C14H18N2O/c15-14-13-4-2-1-3-12(13)9-16(14)7-8-17-10-11-5-6-11/h1-4,11,15H,5-10H2. The zero-order valence-corrected chi connectivity index (χ0v) is 9.98. The Morgan fingerprint density at radius 1 is 1.29 bits per heavy atom. The molecule has 3 nitrogen and oxygen atoms in total. The van der Waals surface area contributed by atoms with E-state index >= 15 is 0 Å².